The number of amides is 1. The first-order chi connectivity index (χ1) is 13.8. The molecule has 6 nitrogen and oxygen atoms in total. The van der Waals surface area contributed by atoms with E-state index in [4.69, 9.17) is 5.73 Å². The fraction of sp³-hybridized carbons (Fsp3) is 0.150. The van der Waals surface area contributed by atoms with Crippen LogP contribution in [0.3, 0.4) is 0 Å². The highest BCUT2D eigenvalue weighted by molar-refractivity contribution is 6.04. The second kappa shape index (κ2) is 8.70. The molecule has 0 aliphatic heterocycles. The molecule has 0 atom stereocenters. The van der Waals surface area contributed by atoms with Crippen LogP contribution in [0.15, 0.2) is 60.9 Å². The smallest absolute Gasteiger partial charge is 0.366 e. The average Bonchev–Trinajstić information content (AvgIpc) is 2.72. The van der Waals surface area contributed by atoms with Crippen LogP contribution in [0.4, 0.5) is 24.7 Å². The van der Waals surface area contributed by atoms with Gasteiger partial charge >= 0.3 is 6.18 Å². The summed E-state index contributed by atoms with van der Waals surface area (Å²) >= 11 is 0. The van der Waals surface area contributed by atoms with Gasteiger partial charge in [-0.05, 0) is 35.9 Å². The Morgan fingerprint density at radius 3 is 2.59 bits per heavy atom. The molecule has 0 spiro atoms. The van der Waals surface area contributed by atoms with Gasteiger partial charge in [0.25, 0.3) is 5.91 Å². The van der Waals surface area contributed by atoms with Crippen LogP contribution in [-0.2, 0) is 19.3 Å². The van der Waals surface area contributed by atoms with E-state index in [-0.39, 0.29) is 5.69 Å². The summed E-state index contributed by atoms with van der Waals surface area (Å²) in [6.07, 6.45) is -3.07. The summed E-state index contributed by atoms with van der Waals surface area (Å²) in [5, 5.41) is 5.61. The van der Waals surface area contributed by atoms with Crippen molar-refractivity contribution in [1.82, 2.24) is 9.97 Å². The van der Waals surface area contributed by atoms with Crippen LogP contribution in [0.1, 0.15) is 27.2 Å². The lowest BCUT2D eigenvalue weighted by Gasteiger charge is -2.11. The predicted octanol–water partition coefficient (Wildman–Crippen LogP) is 3.82. The Kier molecular flexibility index (Phi) is 6.08. The molecular formula is C20H18F3N5O. The van der Waals surface area contributed by atoms with Crippen LogP contribution in [0.2, 0.25) is 0 Å². The van der Waals surface area contributed by atoms with E-state index in [1.165, 1.54) is 18.5 Å². The highest BCUT2D eigenvalue weighted by atomic mass is 19.4. The monoisotopic (exact) mass is 401 g/mol. The van der Waals surface area contributed by atoms with E-state index in [1.54, 1.807) is 24.3 Å². The van der Waals surface area contributed by atoms with Crippen molar-refractivity contribution in [1.29, 1.82) is 0 Å². The van der Waals surface area contributed by atoms with Crippen LogP contribution in [0, 0.1) is 0 Å². The first kappa shape index (κ1) is 20.3. The van der Waals surface area contributed by atoms with Gasteiger partial charge in [-0.15, -0.1) is 0 Å². The number of benzene rings is 2. The molecular weight excluding hydrogens is 383 g/mol. The van der Waals surface area contributed by atoms with Crippen molar-refractivity contribution in [2.45, 2.75) is 19.3 Å². The molecule has 3 rings (SSSR count). The lowest BCUT2D eigenvalue weighted by molar-refractivity contribution is -0.137. The molecule has 0 unspecified atom stereocenters. The lowest BCUT2D eigenvalue weighted by Crippen LogP contribution is -2.14. The number of hydrogen-bond acceptors (Lipinski definition) is 5. The number of nitrogens with two attached hydrogens (primary N) is 1. The van der Waals surface area contributed by atoms with Crippen LogP contribution in [-0.4, -0.2) is 15.9 Å². The maximum atomic E-state index is 12.8. The van der Waals surface area contributed by atoms with E-state index in [9.17, 15) is 18.0 Å². The molecule has 1 aromatic heterocycles. The maximum Gasteiger partial charge on any atom is 0.416 e. The van der Waals surface area contributed by atoms with Gasteiger partial charge in [-0.3, -0.25) is 4.79 Å². The number of anilines is 2. The van der Waals surface area contributed by atoms with E-state index < -0.39 is 17.6 Å². The number of carbonyl (C=O) groups is 1. The van der Waals surface area contributed by atoms with Crippen molar-refractivity contribution >= 4 is 17.4 Å². The molecule has 150 valence electrons. The number of nitrogens with one attached hydrogen (secondary N) is 2. The summed E-state index contributed by atoms with van der Waals surface area (Å²) in [7, 11) is 0. The second-order valence-electron chi connectivity index (χ2n) is 6.19. The zero-order valence-electron chi connectivity index (χ0n) is 15.2. The molecule has 0 saturated carbocycles. The van der Waals surface area contributed by atoms with Crippen LogP contribution in [0.5, 0.6) is 0 Å². The standard InChI is InChI=1S/C20H18F3N5O/c21-20(22,23)15-5-2-6-16(8-15)28-19(29)14-4-1-3-13(7-14)11-25-18-9-17(10-24)26-12-27-18/h1-9,12H,10-11,24H2,(H,28,29)(H,25,26,27). The third-order valence-corrected chi connectivity index (χ3v) is 4.04. The van der Waals surface area contributed by atoms with E-state index >= 15 is 0 Å². The zero-order chi connectivity index (χ0) is 20.9. The Balaban J connectivity index is 1.68. The predicted molar refractivity (Wildman–Crippen MR) is 103 cm³/mol. The summed E-state index contributed by atoms with van der Waals surface area (Å²) in [4.78, 5) is 20.5. The number of carbonyl (C=O) groups excluding carboxylic acids is 1. The maximum absolute atomic E-state index is 12.8. The van der Waals surface area contributed by atoms with Gasteiger partial charge in [0.15, 0.2) is 0 Å². The summed E-state index contributed by atoms with van der Waals surface area (Å²) in [6, 6.07) is 13.0. The first-order valence-electron chi connectivity index (χ1n) is 8.67. The molecule has 0 bridgehead atoms. The van der Waals surface area contributed by atoms with Gasteiger partial charge in [0.1, 0.15) is 12.1 Å². The molecule has 0 aliphatic rings. The normalized spacial score (nSPS) is 11.2. The molecule has 2 aromatic carbocycles. The zero-order valence-corrected chi connectivity index (χ0v) is 15.2. The topological polar surface area (TPSA) is 92.9 Å². The van der Waals surface area contributed by atoms with E-state index in [2.05, 4.69) is 20.6 Å². The molecule has 29 heavy (non-hydrogen) atoms. The summed E-state index contributed by atoms with van der Waals surface area (Å²) in [5.74, 6) is 0.0953. The third-order valence-electron chi connectivity index (χ3n) is 4.04. The molecule has 0 aliphatic carbocycles. The minimum Gasteiger partial charge on any atom is -0.366 e. The minimum absolute atomic E-state index is 0.0728. The fourth-order valence-corrected chi connectivity index (χ4v) is 2.60. The number of halogens is 3. The van der Waals surface area contributed by atoms with Gasteiger partial charge < -0.3 is 16.4 Å². The van der Waals surface area contributed by atoms with Crippen molar-refractivity contribution in [2.75, 3.05) is 10.6 Å². The SMILES string of the molecule is NCc1cc(NCc2cccc(C(=O)Nc3cccc(C(F)(F)F)c3)c2)ncn1. The number of hydrogen-bond donors (Lipinski definition) is 3. The highest BCUT2D eigenvalue weighted by Gasteiger charge is 2.30. The Bertz CT molecular complexity index is 1010. The molecule has 1 amide bonds. The number of alkyl halides is 3. The van der Waals surface area contributed by atoms with Crippen LogP contribution >= 0.6 is 0 Å². The summed E-state index contributed by atoms with van der Waals surface area (Å²) < 4.78 is 38.5. The van der Waals surface area contributed by atoms with Gasteiger partial charge in [-0.25, -0.2) is 9.97 Å². The van der Waals surface area contributed by atoms with Crippen molar-refractivity contribution in [3.8, 4) is 0 Å². The quantitative estimate of drug-likeness (QED) is 0.584. The van der Waals surface area contributed by atoms with Gasteiger partial charge in [0, 0.05) is 30.4 Å². The summed E-state index contributed by atoms with van der Waals surface area (Å²) in [5.41, 5.74) is 6.62. The highest BCUT2D eigenvalue weighted by Crippen LogP contribution is 2.30. The van der Waals surface area contributed by atoms with Crippen LogP contribution < -0.4 is 16.4 Å². The molecule has 1 heterocycles. The Hall–Kier alpha value is -3.46. The van der Waals surface area contributed by atoms with E-state index in [0.717, 1.165) is 17.7 Å². The van der Waals surface area contributed by atoms with Gasteiger partial charge in [0.2, 0.25) is 0 Å². The van der Waals surface area contributed by atoms with Gasteiger partial charge in [-0.2, -0.15) is 13.2 Å². The minimum atomic E-state index is -4.48. The molecule has 3 aromatic rings. The number of nitrogens with zero attached hydrogens (tertiary/aromatic N) is 2. The number of aromatic nitrogens is 2. The van der Waals surface area contributed by atoms with Crippen molar-refractivity contribution in [2.24, 2.45) is 5.73 Å². The van der Waals surface area contributed by atoms with Gasteiger partial charge in [0.05, 0.1) is 11.3 Å². The molecule has 0 radical (unpaired) electrons. The van der Waals surface area contributed by atoms with Crippen molar-refractivity contribution in [3.63, 3.8) is 0 Å². The Morgan fingerprint density at radius 1 is 1.03 bits per heavy atom. The molecule has 9 heteroatoms. The molecule has 4 N–H and O–H groups in total. The first-order valence-corrected chi connectivity index (χ1v) is 8.67. The largest absolute Gasteiger partial charge is 0.416 e. The third kappa shape index (κ3) is 5.52. The van der Waals surface area contributed by atoms with E-state index in [1.807, 2.05) is 6.07 Å². The second-order valence-corrected chi connectivity index (χ2v) is 6.19. The summed E-state index contributed by atoms with van der Waals surface area (Å²) in [6.45, 7) is 0.689. The average molecular weight is 401 g/mol. The number of rotatable bonds is 6. The van der Waals surface area contributed by atoms with Crippen LogP contribution in [0.25, 0.3) is 0 Å². The Morgan fingerprint density at radius 2 is 1.83 bits per heavy atom. The fourth-order valence-electron chi connectivity index (χ4n) is 2.60. The van der Waals surface area contributed by atoms with Crippen molar-refractivity contribution in [3.05, 3.63) is 83.3 Å². The van der Waals surface area contributed by atoms with E-state index in [0.29, 0.717) is 30.2 Å². The molecule has 0 saturated heterocycles. The Labute approximate surface area is 165 Å². The molecule has 0 fully saturated rings. The lowest BCUT2D eigenvalue weighted by atomic mass is 10.1. The van der Waals surface area contributed by atoms with Crippen molar-refractivity contribution < 1.29 is 18.0 Å². The van der Waals surface area contributed by atoms with Gasteiger partial charge in [-0.1, -0.05) is 18.2 Å².